The van der Waals surface area contributed by atoms with Crippen molar-refractivity contribution in [3.63, 3.8) is 0 Å². The predicted octanol–water partition coefficient (Wildman–Crippen LogP) is 1.26. The van der Waals surface area contributed by atoms with Crippen molar-refractivity contribution >= 4 is 13.7 Å². The molecule has 24 heavy (non-hydrogen) atoms. The molecule has 4 nitrogen and oxygen atoms in total. The third kappa shape index (κ3) is 6.18. The van der Waals surface area contributed by atoms with Gasteiger partial charge in [-0.25, -0.2) is 0 Å². The number of rotatable bonds is 8. The molecule has 0 aliphatic heterocycles. The number of nitrogens with one attached hydrogen (secondary N) is 1. The molecule has 0 saturated carbocycles. The van der Waals surface area contributed by atoms with Gasteiger partial charge in [-0.05, 0) is 30.4 Å². The van der Waals surface area contributed by atoms with E-state index in [0.29, 0.717) is 19.3 Å². The van der Waals surface area contributed by atoms with Gasteiger partial charge < -0.3 is 16.2 Å². The van der Waals surface area contributed by atoms with E-state index in [0.717, 1.165) is 11.1 Å². The zero-order valence-electron chi connectivity index (χ0n) is 14.1. The highest BCUT2D eigenvalue weighted by atomic mass is 16.3. The first-order valence-electron chi connectivity index (χ1n) is 8.33. The number of carbonyl (C=O) groups excluding carboxylic acids is 1. The van der Waals surface area contributed by atoms with Crippen molar-refractivity contribution in [1.29, 1.82) is 0 Å². The van der Waals surface area contributed by atoms with Crippen LogP contribution in [0.3, 0.4) is 0 Å². The summed E-state index contributed by atoms with van der Waals surface area (Å²) in [6.07, 6.45) is 1.05. The third-order valence-corrected chi connectivity index (χ3v) is 4.07. The first-order valence-corrected chi connectivity index (χ1v) is 8.33. The molecule has 126 valence electrons. The van der Waals surface area contributed by atoms with E-state index >= 15 is 0 Å². The molecule has 0 aliphatic carbocycles. The minimum absolute atomic E-state index is 0.0974. The van der Waals surface area contributed by atoms with Crippen molar-refractivity contribution in [2.75, 3.05) is 0 Å². The average molecular weight is 324 g/mol. The monoisotopic (exact) mass is 324 g/mol. The molecule has 0 aliphatic rings. The van der Waals surface area contributed by atoms with Crippen molar-refractivity contribution in [2.24, 2.45) is 5.73 Å². The topological polar surface area (TPSA) is 75.3 Å². The Labute approximate surface area is 144 Å². The van der Waals surface area contributed by atoms with E-state index in [1.807, 2.05) is 60.7 Å². The largest absolute Gasteiger partial charge is 0.391 e. The number of carbonyl (C=O) groups is 1. The Balaban J connectivity index is 1.95. The minimum atomic E-state index is -0.675. The number of aliphatic hydroxyl groups is 1. The molecule has 2 aromatic rings. The second kappa shape index (κ2) is 9.25. The second-order valence-electron chi connectivity index (χ2n) is 6.24. The summed E-state index contributed by atoms with van der Waals surface area (Å²) in [5.41, 5.74) is 8.38. The number of amides is 1. The van der Waals surface area contributed by atoms with Crippen molar-refractivity contribution in [3.05, 3.63) is 71.8 Å². The van der Waals surface area contributed by atoms with Gasteiger partial charge in [-0.15, -0.1) is 0 Å². The van der Waals surface area contributed by atoms with Crippen LogP contribution in [0.25, 0.3) is 0 Å². The van der Waals surface area contributed by atoms with E-state index in [-0.39, 0.29) is 17.9 Å². The number of aliphatic hydroxyl groups excluding tert-OH is 1. The van der Waals surface area contributed by atoms with Gasteiger partial charge in [0.2, 0.25) is 7.85 Å². The maximum atomic E-state index is 11.5. The van der Waals surface area contributed by atoms with Crippen LogP contribution in [0.15, 0.2) is 60.7 Å². The van der Waals surface area contributed by atoms with Crippen molar-refractivity contribution in [3.8, 4) is 0 Å². The number of hydrogen-bond donors (Lipinski definition) is 3. The number of hydrogen-bond acceptors (Lipinski definition) is 3. The molecule has 0 spiro atoms. The van der Waals surface area contributed by atoms with Crippen LogP contribution in [0.5, 0.6) is 0 Å². The highest BCUT2D eigenvalue weighted by molar-refractivity contribution is 6.57. The van der Waals surface area contributed by atoms with Crippen LogP contribution in [0.1, 0.15) is 17.5 Å². The first kappa shape index (κ1) is 18.2. The van der Waals surface area contributed by atoms with E-state index in [2.05, 4.69) is 5.32 Å². The Bertz CT molecular complexity index is 622. The standard InChI is InChI=1S/C19H25BN2O2/c20-19(24)22-16(11-14-7-3-1-4-8-14)13-18(23)17(21)12-15-9-5-2-6-10-15/h1-10,16-18,23H,11-13,20-21H2,(H,22,24)/t16-,17-,18-/m0/s1. The molecule has 5 heteroatoms. The maximum Gasteiger partial charge on any atom is 0.215 e. The highest BCUT2D eigenvalue weighted by Crippen LogP contribution is 2.12. The summed E-state index contributed by atoms with van der Waals surface area (Å²) in [5, 5.41) is 13.4. The van der Waals surface area contributed by atoms with Gasteiger partial charge in [-0.3, -0.25) is 4.79 Å². The lowest BCUT2D eigenvalue weighted by Crippen LogP contribution is -2.44. The fourth-order valence-electron chi connectivity index (χ4n) is 2.87. The fourth-order valence-corrected chi connectivity index (χ4v) is 2.87. The van der Waals surface area contributed by atoms with Gasteiger partial charge in [-0.2, -0.15) is 0 Å². The van der Waals surface area contributed by atoms with Crippen LogP contribution in [0.2, 0.25) is 0 Å². The molecule has 0 saturated heterocycles. The Kier molecular flexibility index (Phi) is 7.03. The molecule has 1 amide bonds. The van der Waals surface area contributed by atoms with Crippen LogP contribution >= 0.6 is 0 Å². The summed E-state index contributed by atoms with van der Waals surface area (Å²) in [4.78, 5) is 11.5. The lowest BCUT2D eigenvalue weighted by atomic mass is 9.93. The van der Waals surface area contributed by atoms with E-state index in [1.165, 1.54) is 7.85 Å². The maximum absolute atomic E-state index is 11.5. The molecule has 4 N–H and O–H groups in total. The Morgan fingerprint density at radius 1 is 1.00 bits per heavy atom. The van der Waals surface area contributed by atoms with Crippen LogP contribution < -0.4 is 11.1 Å². The number of benzene rings is 2. The van der Waals surface area contributed by atoms with E-state index < -0.39 is 6.10 Å². The summed E-state index contributed by atoms with van der Waals surface area (Å²) in [6, 6.07) is 19.3. The van der Waals surface area contributed by atoms with Crippen LogP contribution in [-0.2, 0) is 12.8 Å². The van der Waals surface area contributed by atoms with Crippen molar-refractivity contribution in [1.82, 2.24) is 5.32 Å². The zero-order chi connectivity index (χ0) is 17.4. The summed E-state index contributed by atoms with van der Waals surface area (Å²) < 4.78 is 0. The zero-order valence-corrected chi connectivity index (χ0v) is 14.1. The van der Waals surface area contributed by atoms with E-state index in [4.69, 9.17) is 5.73 Å². The molecule has 0 aromatic heterocycles. The Hall–Kier alpha value is -2.11. The summed E-state index contributed by atoms with van der Waals surface area (Å²) in [7, 11) is 1.49. The number of nitrogens with two attached hydrogens (primary N) is 1. The second-order valence-corrected chi connectivity index (χ2v) is 6.24. The predicted molar refractivity (Wildman–Crippen MR) is 99.8 cm³/mol. The van der Waals surface area contributed by atoms with Gasteiger partial charge >= 0.3 is 0 Å². The van der Waals surface area contributed by atoms with Crippen molar-refractivity contribution < 1.29 is 9.90 Å². The lowest BCUT2D eigenvalue weighted by Gasteiger charge is -2.25. The molecular weight excluding hydrogens is 299 g/mol. The smallest absolute Gasteiger partial charge is 0.215 e. The molecule has 0 bridgehead atoms. The summed E-state index contributed by atoms with van der Waals surface area (Å²) in [5.74, 6) is -0.0974. The molecule has 0 heterocycles. The highest BCUT2D eigenvalue weighted by Gasteiger charge is 2.21. The fraction of sp³-hybridized carbons (Fsp3) is 0.316. The van der Waals surface area contributed by atoms with Gasteiger partial charge in [0.1, 0.15) is 0 Å². The van der Waals surface area contributed by atoms with Gasteiger partial charge in [0.25, 0.3) is 0 Å². The molecule has 0 unspecified atom stereocenters. The van der Waals surface area contributed by atoms with Crippen LogP contribution in [-0.4, -0.2) is 36.9 Å². The lowest BCUT2D eigenvalue weighted by molar-refractivity contribution is 0.122. The Morgan fingerprint density at radius 2 is 1.50 bits per heavy atom. The molecule has 2 rings (SSSR count). The first-order chi connectivity index (χ1) is 11.5. The van der Waals surface area contributed by atoms with E-state index in [9.17, 15) is 9.90 Å². The third-order valence-electron chi connectivity index (χ3n) is 4.07. The molecule has 3 atom stereocenters. The van der Waals surface area contributed by atoms with Crippen LogP contribution in [0, 0.1) is 0 Å². The molecule has 0 fully saturated rings. The van der Waals surface area contributed by atoms with Gasteiger partial charge in [0.05, 0.1) is 6.10 Å². The summed E-state index contributed by atoms with van der Waals surface area (Å²) >= 11 is 0. The van der Waals surface area contributed by atoms with Gasteiger partial charge in [-0.1, -0.05) is 60.7 Å². The van der Waals surface area contributed by atoms with Gasteiger partial charge in [0, 0.05) is 12.1 Å². The van der Waals surface area contributed by atoms with Crippen LogP contribution in [0.4, 0.5) is 4.79 Å². The SMILES string of the molecule is BC(=O)N[C@@H](Cc1ccccc1)C[C@H](O)[C@@H](N)Cc1ccccc1. The molecular formula is C19H25BN2O2. The van der Waals surface area contributed by atoms with E-state index in [1.54, 1.807) is 0 Å². The minimum Gasteiger partial charge on any atom is -0.391 e. The average Bonchev–Trinajstić information content (AvgIpc) is 2.56. The van der Waals surface area contributed by atoms with Crippen molar-refractivity contribution in [2.45, 2.75) is 37.5 Å². The molecule has 2 aromatic carbocycles. The molecule has 0 radical (unpaired) electrons. The van der Waals surface area contributed by atoms with Gasteiger partial charge in [0.15, 0.2) is 5.81 Å². The Morgan fingerprint density at radius 3 is 2.00 bits per heavy atom. The normalized spacial score (nSPS) is 14.6. The summed E-state index contributed by atoms with van der Waals surface area (Å²) in [6.45, 7) is 0. The quantitative estimate of drug-likeness (QED) is 0.640.